The maximum absolute atomic E-state index is 11.8. The van der Waals surface area contributed by atoms with E-state index >= 15 is 0 Å². The summed E-state index contributed by atoms with van der Waals surface area (Å²) in [6, 6.07) is 8.47. The summed E-state index contributed by atoms with van der Waals surface area (Å²) in [6.07, 6.45) is 1.97. The average molecular weight is 262 g/mol. The quantitative estimate of drug-likeness (QED) is 0.867. The zero-order valence-corrected chi connectivity index (χ0v) is 11.6. The zero-order valence-electron chi connectivity index (χ0n) is 11.6. The number of hydrogen-bond donors (Lipinski definition) is 2. The van der Waals surface area contributed by atoms with E-state index in [2.05, 4.69) is 17.6 Å². The van der Waals surface area contributed by atoms with Gasteiger partial charge in [0.05, 0.1) is 0 Å². The first kappa shape index (κ1) is 13.9. The van der Waals surface area contributed by atoms with Crippen LogP contribution in [0.2, 0.25) is 0 Å². The molecule has 104 valence electrons. The second kappa shape index (κ2) is 6.57. The van der Waals surface area contributed by atoms with Crippen LogP contribution >= 0.6 is 0 Å². The van der Waals surface area contributed by atoms with E-state index in [0.29, 0.717) is 6.04 Å². The fraction of sp³-hybridized carbons (Fsp3) is 0.533. The van der Waals surface area contributed by atoms with E-state index in [0.717, 1.165) is 30.7 Å². The summed E-state index contributed by atoms with van der Waals surface area (Å²) in [5, 5.41) is 6.40. The van der Waals surface area contributed by atoms with Gasteiger partial charge in [0, 0.05) is 12.1 Å². The molecule has 0 spiro atoms. The first-order chi connectivity index (χ1) is 9.13. The highest BCUT2D eigenvalue weighted by atomic mass is 16.5. The van der Waals surface area contributed by atoms with Crippen LogP contribution in [0.15, 0.2) is 24.3 Å². The van der Waals surface area contributed by atoms with Crippen LogP contribution in [0, 0.1) is 6.92 Å². The Labute approximate surface area is 114 Å². The zero-order chi connectivity index (χ0) is 13.7. The van der Waals surface area contributed by atoms with Crippen LogP contribution in [0.5, 0.6) is 5.75 Å². The number of carbonyl (C=O) groups excluding carboxylic acids is 1. The highest BCUT2D eigenvalue weighted by Gasteiger charge is 2.19. The van der Waals surface area contributed by atoms with E-state index in [1.165, 1.54) is 0 Å². The lowest BCUT2D eigenvalue weighted by atomic mass is 10.0. The summed E-state index contributed by atoms with van der Waals surface area (Å²) in [7, 11) is 0. The van der Waals surface area contributed by atoms with Gasteiger partial charge in [-0.05, 0) is 50.9 Å². The first-order valence-electron chi connectivity index (χ1n) is 6.85. The molecule has 4 nitrogen and oxygen atoms in total. The molecule has 1 aromatic carbocycles. The molecule has 2 unspecified atom stereocenters. The van der Waals surface area contributed by atoms with Crippen molar-refractivity contribution in [3.8, 4) is 5.75 Å². The molecule has 0 radical (unpaired) electrons. The minimum Gasteiger partial charge on any atom is -0.484 e. The number of benzene rings is 1. The van der Waals surface area contributed by atoms with Crippen LogP contribution in [0.3, 0.4) is 0 Å². The molecule has 1 heterocycles. The lowest BCUT2D eigenvalue weighted by molar-refractivity contribution is -0.124. The van der Waals surface area contributed by atoms with Gasteiger partial charge in [0.15, 0.2) is 6.61 Å². The molecule has 1 aliphatic rings. The molecule has 0 bridgehead atoms. The van der Waals surface area contributed by atoms with Crippen LogP contribution in [-0.2, 0) is 4.79 Å². The Hall–Kier alpha value is -1.55. The highest BCUT2D eigenvalue weighted by molar-refractivity contribution is 5.77. The lowest BCUT2D eigenvalue weighted by Crippen LogP contribution is -2.47. The van der Waals surface area contributed by atoms with Gasteiger partial charge >= 0.3 is 0 Å². The summed E-state index contributed by atoms with van der Waals surface area (Å²) in [5.74, 6) is 0.703. The molecule has 1 aliphatic heterocycles. The summed E-state index contributed by atoms with van der Waals surface area (Å²) in [5.41, 5.74) is 1.13. The Morgan fingerprint density at radius 1 is 1.53 bits per heavy atom. The Bertz CT molecular complexity index is 434. The third kappa shape index (κ3) is 4.56. The third-order valence-electron chi connectivity index (χ3n) is 3.35. The minimum atomic E-state index is -0.0411. The van der Waals surface area contributed by atoms with Crippen LogP contribution in [0.25, 0.3) is 0 Å². The minimum absolute atomic E-state index is 0.0411. The highest BCUT2D eigenvalue weighted by Crippen LogP contribution is 2.12. The molecular weight excluding hydrogens is 240 g/mol. The predicted molar refractivity (Wildman–Crippen MR) is 75.3 cm³/mol. The van der Waals surface area contributed by atoms with Crippen molar-refractivity contribution in [2.75, 3.05) is 13.2 Å². The molecule has 1 fully saturated rings. The van der Waals surface area contributed by atoms with Crippen LogP contribution < -0.4 is 15.4 Å². The van der Waals surface area contributed by atoms with E-state index in [-0.39, 0.29) is 18.6 Å². The summed E-state index contributed by atoms with van der Waals surface area (Å²) < 4.78 is 5.49. The standard InChI is InChI=1S/C15H22N2O2/c1-11-4-3-5-14(8-11)19-10-15(18)17-13-6-7-16-12(2)9-13/h3-5,8,12-13,16H,6-7,9-10H2,1-2H3,(H,17,18). The van der Waals surface area contributed by atoms with Crippen molar-refractivity contribution in [3.63, 3.8) is 0 Å². The van der Waals surface area contributed by atoms with Gasteiger partial charge in [0.25, 0.3) is 5.91 Å². The van der Waals surface area contributed by atoms with E-state index in [4.69, 9.17) is 4.74 Å². The number of piperidine rings is 1. The van der Waals surface area contributed by atoms with Crippen molar-refractivity contribution in [1.82, 2.24) is 10.6 Å². The van der Waals surface area contributed by atoms with Crippen LogP contribution in [0.1, 0.15) is 25.3 Å². The smallest absolute Gasteiger partial charge is 0.258 e. The molecule has 0 aliphatic carbocycles. The van der Waals surface area contributed by atoms with Gasteiger partial charge in [-0.1, -0.05) is 12.1 Å². The molecule has 4 heteroatoms. The molecule has 1 amide bonds. The Morgan fingerprint density at radius 2 is 2.37 bits per heavy atom. The number of rotatable bonds is 4. The van der Waals surface area contributed by atoms with E-state index in [9.17, 15) is 4.79 Å². The summed E-state index contributed by atoms with van der Waals surface area (Å²) >= 11 is 0. The second-order valence-electron chi connectivity index (χ2n) is 5.25. The predicted octanol–water partition coefficient (Wildman–Crippen LogP) is 1.63. The fourth-order valence-electron chi connectivity index (χ4n) is 2.39. The number of aryl methyl sites for hydroxylation is 1. The summed E-state index contributed by atoms with van der Waals surface area (Å²) in [6.45, 7) is 5.19. The van der Waals surface area contributed by atoms with Gasteiger partial charge in [0.2, 0.25) is 0 Å². The number of ether oxygens (including phenoxy) is 1. The Kier molecular flexibility index (Phi) is 4.80. The van der Waals surface area contributed by atoms with Crippen molar-refractivity contribution in [3.05, 3.63) is 29.8 Å². The van der Waals surface area contributed by atoms with Crippen molar-refractivity contribution in [1.29, 1.82) is 0 Å². The number of carbonyl (C=O) groups is 1. The van der Waals surface area contributed by atoms with Gasteiger partial charge in [0.1, 0.15) is 5.75 Å². The van der Waals surface area contributed by atoms with Gasteiger partial charge < -0.3 is 15.4 Å². The lowest BCUT2D eigenvalue weighted by Gasteiger charge is -2.28. The molecule has 1 aromatic rings. The van der Waals surface area contributed by atoms with Gasteiger partial charge in [-0.15, -0.1) is 0 Å². The van der Waals surface area contributed by atoms with Crippen LogP contribution in [0.4, 0.5) is 0 Å². The molecule has 1 saturated heterocycles. The number of amides is 1. The molecule has 0 saturated carbocycles. The van der Waals surface area contributed by atoms with Crippen LogP contribution in [-0.4, -0.2) is 31.1 Å². The van der Waals surface area contributed by atoms with Crippen molar-refractivity contribution < 1.29 is 9.53 Å². The van der Waals surface area contributed by atoms with Gasteiger partial charge in [-0.3, -0.25) is 4.79 Å². The topological polar surface area (TPSA) is 50.4 Å². The van der Waals surface area contributed by atoms with Crippen molar-refractivity contribution in [2.45, 2.75) is 38.8 Å². The van der Waals surface area contributed by atoms with Gasteiger partial charge in [-0.2, -0.15) is 0 Å². The molecule has 19 heavy (non-hydrogen) atoms. The Morgan fingerprint density at radius 3 is 3.11 bits per heavy atom. The van der Waals surface area contributed by atoms with Gasteiger partial charge in [-0.25, -0.2) is 0 Å². The molecular formula is C15H22N2O2. The third-order valence-corrected chi connectivity index (χ3v) is 3.35. The van der Waals surface area contributed by atoms with E-state index < -0.39 is 0 Å². The second-order valence-corrected chi connectivity index (χ2v) is 5.25. The molecule has 2 atom stereocenters. The fourth-order valence-corrected chi connectivity index (χ4v) is 2.39. The van der Waals surface area contributed by atoms with Crippen molar-refractivity contribution >= 4 is 5.91 Å². The maximum atomic E-state index is 11.8. The molecule has 0 aromatic heterocycles. The molecule has 2 rings (SSSR count). The first-order valence-corrected chi connectivity index (χ1v) is 6.85. The monoisotopic (exact) mass is 262 g/mol. The average Bonchev–Trinajstić information content (AvgIpc) is 2.36. The largest absolute Gasteiger partial charge is 0.484 e. The van der Waals surface area contributed by atoms with Crippen molar-refractivity contribution in [2.24, 2.45) is 0 Å². The SMILES string of the molecule is Cc1cccc(OCC(=O)NC2CCNC(C)C2)c1. The molecule has 2 N–H and O–H groups in total. The Balaban J connectivity index is 1.75. The number of hydrogen-bond acceptors (Lipinski definition) is 3. The summed E-state index contributed by atoms with van der Waals surface area (Å²) in [4.78, 5) is 11.8. The maximum Gasteiger partial charge on any atom is 0.258 e. The van der Waals surface area contributed by atoms with E-state index in [1.54, 1.807) is 0 Å². The van der Waals surface area contributed by atoms with E-state index in [1.807, 2.05) is 31.2 Å². The number of nitrogens with one attached hydrogen (secondary N) is 2. The normalized spacial score (nSPS) is 22.8.